The van der Waals surface area contributed by atoms with E-state index in [0.717, 1.165) is 22.6 Å². The molecule has 0 atom stereocenters. The van der Waals surface area contributed by atoms with Gasteiger partial charge in [-0.3, -0.25) is 0 Å². The van der Waals surface area contributed by atoms with Crippen LogP contribution in [0.1, 0.15) is 22.5 Å². The first kappa shape index (κ1) is 12.9. The van der Waals surface area contributed by atoms with Crippen LogP contribution >= 0.6 is 23.2 Å². The van der Waals surface area contributed by atoms with E-state index in [1.807, 2.05) is 26.0 Å². The number of aromatic nitrogens is 2. The molecule has 0 aliphatic heterocycles. The Bertz CT molecular complexity index is 638. The summed E-state index contributed by atoms with van der Waals surface area (Å²) in [5, 5.41) is 14.2. The minimum Gasteiger partial charge on any atom is -0.235 e. The number of aryl methyl sites for hydroxylation is 1. The highest BCUT2D eigenvalue weighted by Crippen LogP contribution is 2.24. The van der Waals surface area contributed by atoms with Crippen molar-refractivity contribution < 1.29 is 0 Å². The van der Waals surface area contributed by atoms with E-state index in [4.69, 9.17) is 23.2 Å². The SMILES string of the molecule is Cc1nn(-c2ccc(CCl)cc2C#N)c(C)c1Cl. The van der Waals surface area contributed by atoms with Crippen LogP contribution in [0.4, 0.5) is 0 Å². The van der Waals surface area contributed by atoms with Gasteiger partial charge in [0, 0.05) is 5.88 Å². The van der Waals surface area contributed by atoms with Crippen molar-refractivity contribution in [3.8, 4) is 11.8 Å². The number of halogens is 2. The van der Waals surface area contributed by atoms with Gasteiger partial charge in [-0.05, 0) is 31.5 Å². The van der Waals surface area contributed by atoms with E-state index in [1.165, 1.54) is 0 Å². The van der Waals surface area contributed by atoms with Gasteiger partial charge < -0.3 is 0 Å². The zero-order valence-corrected chi connectivity index (χ0v) is 11.5. The predicted molar refractivity (Wildman–Crippen MR) is 72.3 cm³/mol. The van der Waals surface area contributed by atoms with Crippen LogP contribution in [0.25, 0.3) is 5.69 Å². The Morgan fingerprint density at radius 2 is 2.11 bits per heavy atom. The molecular weight excluding hydrogens is 269 g/mol. The molecule has 0 saturated carbocycles. The molecule has 3 nitrogen and oxygen atoms in total. The number of nitrogens with zero attached hydrogens (tertiary/aromatic N) is 3. The van der Waals surface area contributed by atoms with Crippen molar-refractivity contribution in [1.82, 2.24) is 9.78 Å². The number of benzene rings is 1. The fourth-order valence-corrected chi connectivity index (χ4v) is 2.08. The van der Waals surface area contributed by atoms with E-state index < -0.39 is 0 Å². The largest absolute Gasteiger partial charge is 0.235 e. The Kier molecular flexibility index (Phi) is 3.60. The van der Waals surface area contributed by atoms with E-state index >= 15 is 0 Å². The van der Waals surface area contributed by atoms with Crippen LogP contribution in [-0.4, -0.2) is 9.78 Å². The lowest BCUT2D eigenvalue weighted by atomic mass is 10.1. The molecule has 0 N–H and O–H groups in total. The number of rotatable bonds is 2. The van der Waals surface area contributed by atoms with Crippen LogP contribution in [0.3, 0.4) is 0 Å². The molecule has 1 aromatic carbocycles. The molecule has 0 radical (unpaired) electrons. The molecule has 1 aromatic heterocycles. The summed E-state index contributed by atoms with van der Waals surface area (Å²) in [4.78, 5) is 0. The molecular formula is C13H11Cl2N3. The second-order valence-corrected chi connectivity index (χ2v) is 4.64. The van der Waals surface area contributed by atoms with E-state index in [1.54, 1.807) is 10.7 Å². The van der Waals surface area contributed by atoms with Gasteiger partial charge in [-0.1, -0.05) is 17.7 Å². The van der Waals surface area contributed by atoms with Gasteiger partial charge in [-0.2, -0.15) is 10.4 Å². The first-order valence-corrected chi connectivity index (χ1v) is 6.30. The highest BCUT2D eigenvalue weighted by atomic mass is 35.5. The molecule has 0 amide bonds. The summed E-state index contributed by atoms with van der Waals surface area (Å²) < 4.78 is 1.69. The predicted octanol–water partition coefficient (Wildman–Crippen LogP) is 3.75. The molecule has 5 heteroatoms. The smallest absolute Gasteiger partial charge is 0.101 e. The van der Waals surface area contributed by atoms with Gasteiger partial charge in [0.2, 0.25) is 0 Å². The third kappa shape index (κ3) is 2.10. The first-order valence-electron chi connectivity index (χ1n) is 5.39. The van der Waals surface area contributed by atoms with Gasteiger partial charge in [0.1, 0.15) is 6.07 Å². The highest BCUT2D eigenvalue weighted by molar-refractivity contribution is 6.31. The molecule has 0 bridgehead atoms. The zero-order valence-electron chi connectivity index (χ0n) is 10.0. The molecule has 2 rings (SSSR count). The molecule has 0 fully saturated rings. The Balaban J connectivity index is 2.64. The summed E-state index contributed by atoms with van der Waals surface area (Å²) in [6.07, 6.45) is 0. The fourth-order valence-electron chi connectivity index (χ4n) is 1.80. The summed E-state index contributed by atoms with van der Waals surface area (Å²) >= 11 is 11.9. The van der Waals surface area contributed by atoms with Crippen LogP contribution < -0.4 is 0 Å². The van der Waals surface area contributed by atoms with Crippen LogP contribution in [0, 0.1) is 25.2 Å². The molecule has 1 heterocycles. The van der Waals surface area contributed by atoms with E-state index in [-0.39, 0.29) is 0 Å². The average molecular weight is 280 g/mol. The van der Waals surface area contributed by atoms with Gasteiger partial charge >= 0.3 is 0 Å². The Morgan fingerprint density at radius 1 is 1.39 bits per heavy atom. The van der Waals surface area contributed by atoms with Crippen LogP contribution in [0.2, 0.25) is 5.02 Å². The minimum atomic E-state index is 0.382. The van der Waals surface area contributed by atoms with Gasteiger partial charge in [-0.25, -0.2) is 4.68 Å². The van der Waals surface area contributed by atoms with Gasteiger partial charge in [-0.15, -0.1) is 11.6 Å². The molecule has 92 valence electrons. The highest BCUT2D eigenvalue weighted by Gasteiger charge is 2.13. The van der Waals surface area contributed by atoms with Crippen molar-refractivity contribution in [2.24, 2.45) is 0 Å². The van der Waals surface area contributed by atoms with Crippen molar-refractivity contribution in [2.75, 3.05) is 0 Å². The maximum absolute atomic E-state index is 9.20. The van der Waals surface area contributed by atoms with Crippen LogP contribution in [0.15, 0.2) is 18.2 Å². The lowest BCUT2D eigenvalue weighted by Crippen LogP contribution is -2.02. The summed E-state index contributed by atoms with van der Waals surface area (Å²) in [7, 11) is 0. The van der Waals surface area contributed by atoms with Crippen molar-refractivity contribution >= 4 is 23.2 Å². The normalized spacial score (nSPS) is 10.4. The summed E-state index contributed by atoms with van der Waals surface area (Å²) in [5.41, 5.74) is 3.74. The standard InChI is InChI=1S/C13H11Cl2N3/c1-8-13(15)9(2)18(17-8)12-4-3-10(6-14)5-11(12)7-16/h3-5H,6H2,1-2H3. The third-order valence-electron chi connectivity index (χ3n) is 2.77. The van der Waals surface area contributed by atoms with Crippen LogP contribution in [0.5, 0.6) is 0 Å². The summed E-state index contributed by atoms with van der Waals surface area (Å²) in [6.45, 7) is 3.71. The Hall–Kier alpha value is -1.50. The van der Waals surface area contributed by atoms with Crippen LogP contribution in [-0.2, 0) is 5.88 Å². The number of nitriles is 1. The number of hydrogen-bond donors (Lipinski definition) is 0. The van der Waals surface area contributed by atoms with E-state index in [9.17, 15) is 5.26 Å². The number of alkyl halides is 1. The van der Waals surface area contributed by atoms with Crippen molar-refractivity contribution in [3.63, 3.8) is 0 Å². The van der Waals surface area contributed by atoms with Gasteiger partial charge in [0.05, 0.1) is 27.7 Å². The molecule has 18 heavy (non-hydrogen) atoms. The summed E-state index contributed by atoms with van der Waals surface area (Å²) in [5.74, 6) is 0.382. The number of hydrogen-bond acceptors (Lipinski definition) is 2. The fraction of sp³-hybridized carbons (Fsp3) is 0.231. The molecule has 0 aliphatic rings. The monoisotopic (exact) mass is 279 g/mol. The molecule has 2 aromatic rings. The summed E-state index contributed by atoms with van der Waals surface area (Å²) in [6, 6.07) is 7.65. The van der Waals surface area contributed by atoms with E-state index in [2.05, 4.69) is 11.2 Å². The van der Waals surface area contributed by atoms with E-state index in [0.29, 0.717) is 16.5 Å². The lowest BCUT2D eigenvalue weighted by Gasteiger charge is -2.07. The van der Waals surface area contributed by atoms with Gasteiger partial charge in [0.25, 0.3) is 0 Å². The van der Waals surface area contributed by atoms with Gasteiger partial charge in [0.15, 0.2) is 0 Å². The first-order chi connectivity index (χ1) is 8.58. The molecule has 0 saturated heterocycles. The maximum Gasteiger partial charge on any atom is 0.101 e. The molecule has 0 aliphatic carbocycles. The quantitative estimate of drug-likeness (QED) is 0.786. The average Bonchev–Trinajstić information content (AvgIpc) is 2.65. The topological polar surface area (TPSA) is 41.6 Å². The Morgan fingerprint density at radius 3 is 2.61 bits per heavy atom. The maximum atomic E-state index is 9.20. The van der Waals surface area contributed by atoms with Crippen molar-refractivity contribution in [2.45, 2.75) is 19.7 Å². The lowest BCUT2D eigenvalue weighted by molar-refractivity contribution is 0.830. The second-order valence-electron chi connectivity index (χ2n) is 3.99. The van der Waals surface area contributed by atoms with Crippen molar-refractivity contribution in [3.05, 3.63) is 45.7 Å². The molecule has 0 unspecified atom stereocenters. The second kappa shape index (κ2) is 5.01. The zero-order chi connectivity index (χ0) is 13.3. The third-order valence-corrected chi connectivity index (χ3v) is 3.62. The molecule has 0 spiro atoms. The van der Waals surface area contributed by atoms with Crippen molar-refractivity contribution in [1.29, 1.82) is 5.26 Å². The Labute approximate surface area is 116 Å². The minimum absolute atomic E-state index is 0.382.